The predicted molar refractivity (Wildman–Crippen MR) is 134 cm³/mol. The topological polar surface area (TPSA) is 72.8 Å². The molecule has 6 nitrogen and oxygen atoms in total. The Bertz CT molecular complexity index is 1230. The lowest BCUT2D eigenvalue weighted by atomic mass is 10.1. The first kappa shape index (κ1) is 23.4. The number of pyridine rings is 2. The summed E-state index contributed by atoms with van der Waals surface area (Å²) >= 11 is 12.3. The zero-order chi connectivity index (χ0) is 23.2. The lowest BCUT2D eigenvalue weighted by Crippen LogP contribution is -2.11. The van der Waals surface area contributed by atoms with E-state index < -0.39 is 0 Å². The van der Waals surface area contributed by atoms with Crippen LogP contribution in [0.5, 0.6) is 0 Å². The molecule has 3 heterocycles. The monoisotopic (exact) mass is 481 g/mol. The number of nitrogens with one attached hydrogen (secondary N) is 1. The molecule has 1 aromatic carbocycles. The summed E-state index contributed by atoms with van der Waals surface area (Å²) < 4.78 is 5.78. The number of aromatic nitrogens is 4. The van der Waals surface area contributed by atoms with Gasteiger partial charge in [-0.25, -0.2) is 15.0 Å². The minimum Gasteiger partial charge on any atom is -0.373 e. The third-order valence-electron chi connectivity index (χ3n) is 4.91. The highest BCUT2D eigenvalue weighted by Gasteiger charge is 2.13. The van der Waals surface area contributed by atoms with E-state index in [4.69, 9.17) is 37.9 Å². The summed E-state index contributed by atoms with van der Waals surface area (Å²) in [5.74, 6) is 1.73. The Balaban J connectivity index is 1.62. The van der Waals surface area contributed by atoms with Gasteiger partial charge in [-0.1, -0.05) is 49.2 Å². The molecule has 0 saturated carbocycles. The molecule has 33 heavy (non-hydrogen) atoms. The standard InChI is InChI=1S/C25H25Cl2N5O/c1-16(2)14-33-15-22-31-24(29-13-11-17-5-7-18(26)8-6-17)19-9-10-21(30-25(19)32-22)23-20(27)4-3-12-28-23/h3-10,12,16H,11,13-15H2,1-2H3,(H,29,30,31,32). The van der Waals surface area contributed by atoms with E-state index in [1.165, 1.54) is 5.56 Å². The van der Waals surface area contributed by atoms with Crippen LogP contribution in [0.3, 0.4) is 0 Å². The third kappa shape index (κ3) is 6.16. The molecule has 0 unspecified atom stereocenters. The Labute approximate surface area is 203 Å². The Hall–Kier alpha value is -2.80. The van der Waals surface area contributed by atoms with Crippen LogP contribution in [0.25, 0.3) is 22.4 Å². The van der Waals surface area contributed by atoms with Crippen LogP contribution in [0, 0.1) is 5.92 Å². The van der Waals surface area contributed by atoms with Crippen LogP contribution < -0.4 is 5.32 Å². The molecular formula is C25H25Cl2N5O. The zero-order valence-corrected chi connectivity index (χ0v) is 20.1. The molecule has 4 aromatic rings. The fraction of sp³-hybridized carbons (Fsp3) is 0.280. The molecule has 8 heteroatoms. The van der Waals surface area contributed by atoms with Crippen molar-refractivity contribution in [1.82, 2.24) is 19.9 Å². The number of hydrogen-bond donors (Lipinski definition) is 1. The highest BCUT2D eigenvalue weighted by molar-refractivity contribution is 6.33. The summed E-state index contributed by atoms with van der Waals surface area (Å²) in [6, 6.07) is 15.3. The molecule has 1 N–H and O–H groups in total. The van der Waals surface area contributed by atoms with Crippen molar-refractivity contribution in [3.8, 4) is 11.4 Å². The lowest BCUT2D eigenvalue weighted by Gasteiger charge is -2.12. The van der Waals surface area contributed by atoms with Crippen molar-refractivity contribution in [2.75, 3.05) is 18.5 Å². The van der Waals surface area contributed by atoms with Crippen LogP contribution in [0.1, 0.15) is 25.2 Å². The van der Waals surface area contributed by atoms with Gasteiger partial charge in [0.2, 0.25) is 0 Å². The Morgan fingerprint density at radius 2 is 1.79 bits per heavy atom. The summed E-state index contributed by atoms with van der Waals surface area (Å²) in [5.41, 5.74) is 3.04. The maximum atomic E-state index is 6.33. The van der Waals surface area contributed by atoms with Gasteiger partial charge in [0.1, 0.15) is 18.1 Å². The van der Waals surface area contributed by atoms with Crippen molar-refractivity contribution < 1.29 is 4.74 Å². The molecule has 0 bridgehead atoms. The van der Waals surface area contributed by atoms with Crippen molar-refractivity contribution in [3.05, 3.63) is 76.2 Å². The van der Waals surface area contributed by atoms with Gasteiger partial charge in [-0.3, -0.25) is 4.98 Å². The second-order valence-corrected chi connectivity index (χ2v) is 8.95. The first-order valence-corrected chi connectivity index (χ1v) is 11.6. The normalized spacial score (nSPS) is 11.3. The minimum atomic E-state index is 0.316. The number of nitrogens with zero attached hydrogens (tertiary/aromatic N) is 4. The van der Waals surface area contributed by atoms with Gasteiger partial charge in [-0.2, -0.15) is 0 Å². The van der Waals surface area contributed by atoms with Gasteiger partial charge in [0, 0.05) is 24.4 Å². The van der Waals surface area contributed by atoms with Gasteiger partial charge in [0.15, 0.2) is 11.5 Å². The lowest BCUT2D eigenvalue weighted by molar-refractivity contribution is 0.0925. The molecule has 3 aromatic heterocycles. The number of rotatable bonds is 9. The number of hydrogen-bond acceptors (Lipinski definition) is 6. The van der Waals surface area contributed by atoms with E-state index in [0.717, 1.165) is 22.6 Å². The van der Waals surface area contributed by atoms with Crippen molar-refractivity contribution in [2.24, 2.45) is 5.92 Å². The maximum absolute atomic E-state index is 6.33. The number of benzene rings is 1. The molecule has 0 atom stereocenters. The third-order valence-corrected chi connectivity index (χ3v) is 5.47. The van der Waals surface area contributed by atoms with E-state index in [1.54, 1.807) is 18.3 Å². The van der Waals surface area contributed by atoms with Crippen LogP contribution in [-0.4, -0.2) is 33.1 Å². The van der Waals surface area contributed by atoms with Crippen molar-refractivity contribution >= 4 is 40.1 Å². The van der Waals surface area contributed by atoms with E-state index in [1.807, 2.05) is 36.4 Å². The zero-order valence-electron chi connectivity index (χ0n) is 18.6. The van der Waals surface area contributed by atoms with E-state index in [-0.39, 0.29) is 0 Å². The highest BCUT2D eigenvalue weighted by Crippen LogP contribution is 2.27. The average Bonchev–Trinajstić information content (AvgIpc) is 2.80. The molecule has 0 aliphatic heterocycles. The summed E-state index contributed by atoms with van der Waals surface area (Å²) in [6.07, 6.45) is 2.53. The molecule has 0 fully saturated rings. The molecule has 170 valence electrons. The minimum absolute atomic E-state index is 0.316. The number of fused-ring (bicyclic) bond motifs is 1. The highest BCUT2D eigenvalue weighted by atomic mass is 35.5. The second kappa shape index (κ2) is 10.9. The first-order chi connectivity index (χ1) is 16.0. The molecule has 0 aliphatic rings. The molecule has 0 amide bonds. The van der Waals surface area contributed by atoms with E-state index in [0.29, 0.717) is 53.6 Å². The largest absolute Gasteiger partial charge is 0.373 e. The summed E-state index contributed by atoms with van der Waals surface area (Å²) in [5, 5.41) is 5.54. The first-order valence-electron chi connectivity index (χ1n) is 10.8. The molecule has 0 aliphatic carbocycles. The van der Waals surface area contributed by atoms with Gasteiger partial charge in [-0.15, -0.1) is 0 Å². The van der Waals surface area contributed by atoms with Gasteiger partial charge in [0.05, 0.1) is 16.1 Å². The van der Waals surface area contributed by atoms with Crippen LogP contribution in [0.2, 0.25) is 10.0 Å². The summed E-state index contributed by atoms with van der Waals surface area (Å²) in [7, 11) is 0. The van der Waals surface area contributed by atoms with Gasteiger partial charge < -0.3 is 10.1 Å². The average molecular weight is 482 g/mol. The van der Waals surface area contributed by atoms with Gasteiger partial charge >= 0.3 is 0 Å². The van der Waals surface area contributed by atoms with Crippen LogP contribution >= 0.6 is 23.2 Å². The van der Waals surface area contributed by atoms with Crippen molar-refractivity contribution in [1.29, 1.82) is 0 Å². The second-order valence-electron chi connectivity index (χ2n) is 8.10. The Kier molecular flexibility index (Phi) is 7.70. The van der Waals surface area contributed by atoms with Crippen LogP contribution in [0.15, 0.2) is 54.7 Å². The fourth-order valence-corrected chi connectivity index (χ4v) is 3.67. The molecule has 4 rings (SSSR count). The number of anilines is 1. The fourth-order valence-electron chi connectivity index (χ4n) is 3.32. The smallest absolute Gasteiger partial charge is 0.165 e. The SMILES string of the molecule is CC(C)COCc1nc(NCCc2ccc(Cl)cc2)c2ccc(-c3ncccc3Cl)nc2n1. The van der Waals surface area contributed by atoms with Crippen molar-refractivity contribution in [2.45, 2.75) is 26.9 Å². The summed E-state index contributed by atoms with van der Waals surface area (Å²) in [6.45, 7) is 5.87. The summed E-state index contributed by atoms with van der Waals surface area (Å²) in [4.78, 5) is 18.5. The maximum Gasteiger partial charge on any atom is 0.165 e. The molecule has 0 saturated heterocycles. The number of halogens is 2. The number of ether oxygens (including phenoxy) is 1. The van der Waals surface area contributed by atoms with Crippen LogP contribution in [0.4, 0.5) is 5.82 Å². The molecule has 0 radical (unpaired) electrons. The van der Waals surface area contributed by atoms with E-state index in [9.17, 15) is 0 Å². The Morgan fingerprint density at radius 1 is 0.970 bits per heavy atom. The molecular weight excluding hydrogens is 457 g/mol. The van der Waals surface area contributed by atoms with Gasteiger partial charge in [-0.05, 0) is 54.3 Å². The van der Waals surface area contributed by atoms with Crippen LogP contribution in [-0.2, 0) is 17.8 Å². The quantitative estimate of drug-likeness (QED) is 0.305. The predicted octanol–water partition coefficient (Wildman–Crippen LogP) is 6.22. The van der Waals surface area contributed by atoms with E-state index >= 15 is 0 Å². The van der Waals surface area contributed by atoms with Crippen molar-refractivity contribution in [3.63, 3.8) is 0 Å². The molecule has 0 spiro atoms. The van der Waals surface area contributed by atoms with Gasteiger partial charge in [0.25, 0.3) is 0 Å². The van der Waals surface area contributed by atoms with E-state index in [2.05, 4.69) is 29.1 Å². The Morgan fingerprint density at radius 3 is 2.55 bits per heavy atom.